The van der Waals surface area contributed by atoms with Crippen molar-refractivity contribution in [1.82, 2.24) is 0 Å². The number of ether oxygens (including phenoxy) is 1. The molecule has 0 heterocycles. The minimum absolute atomic E-state index is 0.210. The van der Waals surface area contributed by atoms with Crippen molar-refractivity contribution in [2.24, 2.45) is 5.92 Å². The van der Waals surface area contributed by atoms with Crippen LogP contribution in [0.1, 0.15) is 31.7 Å². The van der Waals surface area contributed by atoms with Gasteiger partial charge >= 0.3 is 0 Å². The summed E-state index contributed by atoms with van der Waals surface area (Å²) in [6, 6.07) is 5.07. The molecule has 3 heteroatoms. The fraction of sp³-hybridized carbons (Fsp3) is 0.538. The Bertz CT molecular complexity index is 339. The molecule has 0 aliphatic heterocycles. The molecule has 0 aliphatic carbocycles. The summed E-state index contributed by atoms with van der Waals surface area (Å²) < 4.78 is 18.4. The molecule has 0 aliphatic rings. The van der Waals surface area contributed by atoms with Gasteiger partial charge < -0.3 is 4.74 Å². The van der Waals surface area contributed by atoms with E-state index in [4.69, 9.17) is 16.3 Å². The largest absolute Gasteiger partial charge is 0.494 e. The van der Waals surface area contributed by atoms with E-state index in [-0.39, 0.29) is 17.5 Å². The van der Waals surface area contributed by atoms with E-state index in [1.807, 2.05) is 6.07 Å². The summed E-state index contributed by atoms with van der Waals surface area (Å²) in [4.78, 5) is 0. The fourth-order valence-corrected chi connectivity index (χ4v) is 2.10. The van der Waals surface area contributed by atoms with Crippen LogP contribution in [0.2, 0.25) is 0 Å². The first-order chi connectivity index (χ1) is 7.58. The van der Waals surface area contributed by atoms with Crippen LogP contribution in [0.15, 0.2) is 18.2 Å². The molecule has 1 nitrogen and oxygen atoms in total. The van der Waals surface area contributed by atoms with Gasteiger partial charge in [-0.1, -0.05) is 19.9 Å². The summed E-state index contributed by atoms with van der Waals surface area (Å²) in [6.07, 6.45) is 0.968. The number of hydrogen-bond acceptors (Lipinski definition) is 1. The van der Waals surface area contributed by atoms with Gasteiger partial charge in [-0.2, -0.15) is 0 Å². The van der Waals surface area contributed by atoms with Crippen molar-refractivity contribution in [2.75, 3.05) is 13.0 Å². The average molecular weight is 245 g/mol. The van der Waals surface area contributed by atoms with Gasteiger partial charge in [0.25, 0.3) is 0 Å². The summed E-state index contributed by atoms with van der Waals surface area (Å²) in [7, 11) is 1.46. The number of benzene rings is 1. The van der Waals surface area contributed by atoms with Gasteiger partial charge in [-0.05, 0) is 36.0 Å². The maximum Gasteiger partial charge on any atom is 0.165 e. The number of rotatable bonds is 5. The molecule has 0 fully saturated rings. The van der Waals surface area contributed by atoms with Crippen molar-refractivity contribution >= 4 is 11.6 Å². The van der Waals surface area contributed by atoms with Crippen LogP contribution in [0.4, 0.5) is 4.39 Å². The Balaban J connectivity index is 2.89. The lowest BCUT2D eigenvalue weighted by atomic mass is 9.92. The van der Waals surface area contributed by atoms with E-state index >= 15 is 0 Å². The molecule has 1 aromatic rings. The first-order valence-corrected chi connectivity index (χ1v) is 6.01. The zero-order valence-corrected chi connectivity index (χ0v) is 10.7. The highest BCUT2D eigenvalue weighted by molar-refractivity contribution is 6.18. The van der Waals surface area contributed by atoms with E-state index in [2.05, 4.69) is 13.8 Å². The fourth-order valence-electron chi connectivity index (χ4n) is 1.79. The van der Waals surface area contributed by atoms with Crippen LogP contribution in [-0.4, -0.2) is 13.0 Å². The van der Waals surface area contributed by atoms with Crippen LogP contribution >= 0.6 is 11.6 Å². The zero-order chi connectivity index (χ0) is 12.1. The highest BCUT2D eigenvalue weighted by Gasteiger charge is 2.14. The third-order valence-electron chi connectivity index (χ3n) is 2.59. The molecule has 16 heavy (non-hydrogen) atoms. The average Bonchev–Trinajstić information content (AvgIpc) is 2.25. The van der Waals surface area contributed by atoms with Gasteiger partial charge in [0.1, 0.15) is 0 Å². The van der Waals surface area contributed by atoms with Gasteiger partial charge in [0.2, 0.25) is 0 Å². The maximum atomic E-state index is 13.5. The summed E-state index contributed by atoms with van der Waals surface area (Å²) in [5, 5.41) is 0. The lowest BCUT2D eigenvalue weighted by molar-refractivity contribution is 0.385. The topological polar surface area (TPSA) is 9.23 Å². The maximum absolute atomic E-state index is 13.5. The van der Waals surface area contributed by atoms with Crippen LogP contribution in [0.25, 0.3) is 0 Å². The molecule has 1 unspecified atom stereocenters. The molecule has 0 amide bonds. The van der Waals surface area contributed by atoms with Gasteiger partial charge in [0.05, 0.1) is 7.11 Å². The molecule has 0 N–H and O–H groups in total. The lowest BCUT2D eigenvalue weighted by Gasteiger charge is -2.17. The minimum Gasteiger partial charge on any atom is -0.494 e. The second kappa shape index (κ2) is 6.09. The third-order valence-corrected chi connectivity index (χ3v) is 2.96. The highest BCUT2D eigenvalue weighted by Crippen LogP contribution is 2.28. The molecule has 1 atom stereocenters. The predicted molar refractivity (Wildman–Crippen MR) is 65.9 cm³/mol. The molecule has 1 aromatic carbocycles. The van der Waals surface area contributed by atoms with Crippen LogP contribution in [0.3, 0.4) is 0 Å². The predicted octanol–water partition coefficient (Wildman–Crippen LogP) is 4.20. The summed E-state index contributed by atoms with van der Waals surface area (Å²) >= 11 is 5.92. The quantitative estimate of drug-likeness (QED) is 0.706. The van der Waals surface area contributed by atoms with Crippen LogP contribution in [0.5, 0.6) is 5.75 Å². The summed E-state index contributed by atoms with van der Waals surface area (Å²) in [5.74, 6) is 1.24. The minimum atomic E-state index is -0.320. The van der Waals surface area contributed by atoms with E-state index in [0.717, 1.165) is 12.0 Å². The molecule has 0 saturated heterocycles. The SMILES string of the molecule is COc1ccc(C(CCl)CC(C)C)cc1F. The van der Waals surface area contributed by atoms with E-state index in [1.165, 1.54) is 13.2 Å². The molecule has 90 valence electrons. The molecular weight excluding hydrogens is 227 g/mol. The van der Waals surface area contributed by atoms with Crippen molar-refractivity contribution in [3.63, 3.8) is 0 Å². The Hall–Kier alpha value is -0.760. The standard InChI is InChI=1S/C13H18ClFO/c1-9(2)6-11(8-14)10-4-5-13(16-3)12(15)7-10/h4-5,7,9,11H,6,8H2,1-3H3. The lowest BCUT2D eigenvalue weighted by Crippen LogP contribution is -2.05. The van der Waals surface area contributed by atoms with Crippen molar-refractivity contribution in [3.05, 3.63) is 29.6 Å². The molecule has 0 spiro atoms. The molecule has 1 rings (SSSR count). The van der Waals surface area contributed by atoms with E-state index < -0.39 is 0 Å². The van der Waals surface area contributed by atoms with Crippen molar-refractivity contribution in [3.8, 4) is 5.75 Å². The van der Waals surface area contributed by atoms with Crippen LogP contribution < -0.4 is 4.74 Å². The van der Waals surface area contributed by atoms with Gasteiger partial charge in [-0.25, -0.2) is 4.39 Å². The highest BCUT2D eigenvalue weighted by atomic mass is 35.5. The van der Waals surface area contributed by atoms with E-state index in [1.54, 1.807) is 6.07 Å². The van der Waals surface area contributed by atoms with Crippen LogP contribution in [-0.2, 0) is 0 Å². The Morgan fingerprint density at radius 3 is 2.50 bits per heavy atom. The molecule has 0 aromatic heterocycles. The first-order valence-electron chi connectivity index (χ1n) is 5.47. The number of halogens is 2. The van der Waals surface area contributed by atoms with Crippen molar-refractivity contribution in [1.29, 1.82) is 0 Å². The summed E-state index contributed by atoms with van der Waals surface area (Å²) in [6.45, 7) is 4.28. The van der Waals surface area contributed by atoms with Gasteiger partial charge in [0, 0.05) is 5.88 Å². The van der Waals surface area contributed by atoms with E-state index in [9.17, 15) is 4.39 Å². The Kier molecular flexibility index (Phi) is 5.07. The second-order valence-electron chi connectivity index (χ2n) is 4.37. The molecule has 0 bridgehead atoms. The monoisotopic (exact) mass is 244 g/mol. The smallest absolute Gasteiger partial charge is 0.165 e. The first kappa shape index (κ1) is 13.3. The van der Waals surface area contributed by atoms with Gasteiger partial charge in [0.15, 0.2) is 11.6 Å². The normalized spacial score (nSPS) is 12.9. The number of alkyl halides is 1. The number of hydrogen-bond donors (Lipinski definition) is 0. The molecule has 0 radical (unpaired) electrons. The Morgan fingerprint density at radius 1 is 1.38 bits per heavy atom. The zero-order valence-electron chi connectivity index (χ0n) is 9.97. The molecular formula is C13H18ClFO. The van der Waals surface area contributed by atoms with Crippen LogP contribution in [0, 0.1) is 11.7 Å². The third kappa shape index (κ3) is 3.38. The Labute approximate surface area is 102 Å². The second-order valence-corrected chi connectivity index (χ2v) is 4.68. The number of methoxy groups -OCH3 is 1. The summed E-state index contributed by atoms with van der Waals surface area (Å²) in [5.41, 5.74) is 0.946. The van der Waals surface area contributed by atoms with Crippen molar-refractivity contribution in [2.45, 2.75) is 26.2 Å². The Morgan fingerprint density at radius 2 is 2.06 bits per heavy atom. The molecule has 0 saturated carbocycles. The van der Waals surface area contributed by atoms with E-state index in [0.29, 0.717) is 11.8 Å². The van der Waals surface area contributed by atoms with Crippen molar-refractivity contribution < 1.29 is 9.13 Å². The van der Waals surface area contributed by atoms with Gasteiger partial charge in [-0.15, -0.1) is 11.6 Å². The van der Waals surface area contributed by atoms with Gasteiger partial charge in [-0.3, -0.25) is 0 Å².